The first kappa shape index (κ1) is 12.9. The molecule has 0 bridgehead atoms. The van der Waals surface area contributed by atoms with Crippen LogP contribution in [0.2, 0.25) is 0 Å². The molecule has 0 heterocycles. The highest BCUT2D eigenvalue weighted by Gasteiger charge is 1.94. The molecule has 0 spiro atoms. The molecule has 2 N–H and O–H groups in total. The molecule has 0 atom stereocenters. The maximum atomic E-state index is 5.73. The van der Waals surface area contributed by atoms with Crippen molar-refractivity contribution < 1.29 is 0 Å². The largest absolute Gasteiger partial charge is 0.401 e. The number of nitrogens with zero attached hydrogens (tertiary/aromatic N) is 1. The van der Waals surface area contributed by atoms with E-state index in [4.69, 9.17) is 18.0 Å². The third-order valence-electron chi connectivity index (χ3n) is 1.34. The van der Waals surface area contributed by atoms with Crippen LogP contribution >= 0.6 is 24.0 Å². The van der Waals surface area contributed by atoms with E-state index in [0.29, 0.717) is 0 Å². The lowest BCUT2D eigenvalue weighted by molar-refractivity contribution is 0.437. The first-order chi connectivity index (χ1) is 6.02. The van der Waals surface area contributed by atoms with E-state index in [1.54, 1.807) is 0 Å². The standard InChI is InChI=1S/C9H18N2S2/c1-8(12)6-9(10)7-13-5-4-11(2)3/h6H,4-5,7,10H2,1-3H3/b9-6-. The maximum absolute atomic E-state index is 5.73. The second-order valence-electron chi connectivity index (χ2n) is 3.19. The number of hydrogen-bond donors (Lipinski definition) is 1. The average Bonchev–Trinajstić information content (AvgIpc) is 1.96. The molecule has 76 valence electrons. The summed E-state index contributed by atoms with van der Waals surface area (Å²) in [6.07, 6.45) is 1.86. The Labute approximate surface area is 90.6 Å². The van der Waals surface area contributed by atoms with E-state index < -0.39 is 0 Å². The van der Waals surface area contributed by atoms with Gasteiger partial charge in [0.1, 0.15) is 0 Å². The van der Waals surface area contributed by atoms with Gasteiger partial charge in [-0.05, 0) is 27.1 Å². The molecule has 0 aromatic rings. The molecular weight excluding hydrogens is 200 g/mol. The quantitative estimate of drug-likeness (QED) is 0.416. The Morgan fingerprint density at radius 3 is 2.62 bits per heavy atom. The molecule has 0 saturated heterocycles. The third kappa shape index (κ3) is 9.86. The van der Waals surface area contributed by atoms with Crippen molar-refractivity contribution >= 4 is 28.8 Å². The number of thioether (sulfide) groups is 1. The smallest absolute Gasteiger partial charge is 0.0331 e. The molecule has 0 amide bonds. The summed E-state index contributed by atoms with van der Waals surface area (Å²) < 4.78 is 0. The fraction of sp³-hybridized carbons (Fsp3) is 0.667. The van der Waals surface area contributed by atoms with Crippen molar-refractivity contribution in [1.82, 2.24) is 4.90 Å². The predicted octanol–water partition coefficient (Wildman–Crippen LogP) is 1.51. The first-order valence-electron chi connectivity index (χ1n) is 4.21. The van der Waals surface area contributed by atoms with Gasteiger partial charge in [-0.2, -0.15) is 11.8 Å². The summed E-state index contributed by atoms with van der Waals surface area (Å²) in [5.74, 6) is 1.99. The van der Waals surface area contributed by atoms with Gasteiger partial charge in [-0.25, -0.2) is 0 Å². The van der Waals surface area contributed by atoms with Gasteiger partial charge in [-0.1, -0.05) is 12.2 Å². The minimum atomic E-state index is 0.853. The fourth-order valence-electron chi connectivity index (χ4n) is 0.740. The normalized spacial score (nSPS) is 12.2. The molecule has 4 heteroatoms. The van der Waals surface area contributed by atoms with Crippen LogP contribution in [0.3, 0.4) is 0 Å². The zero-order valence-corrected chi connectivity index (χ0v) is 10.2. The monoisotopic (exact) mass is 218 g/mol. The highest BCUT2D eigenvalue weighted by atomic mass is 32.2. The number of rotatable bonds is 6. The molecule has 0 aromatic heterocycles. The second-order valence-corrected chi connectivity index (χ2v) is 4.93. The maximum Gasteiger partial charge on any atom is 0.0331 e. The molecule has 0 aromatic carbocycles. The number of thiocarbonyl (C=S) groups is 1. The lowest BCUT2D eigenvalue weighted by Gasteiger charge is -2.08. The van der Waals surface area contributed by atoms with Crippen LogP contribution in [0, 0.1) is 0 Å². The summed E-state index contributed by atoms with van der Waals surface area (Å²) >= 11 is 6.76. The Morgan fingerprint density at radius 2 is 2.15 bits per heavy atom. The van der Waals surface area contributed by atoms with Crippen molar-refractivity contribution in [3.05, 3.63) is 11.8 Å². The van der Waals surface area contributed by atoms with Crippen LogP contribution < -0.4 is 5.73 Å². The van der Waals surface area contributed by atoms with Crippen molar-refractivity contribution in [2.24, 2.45) is 5.73 Å². The predicted molar refractivity (Wildman–Crippen MR) is 66.4 cm³/mol. The van der Waals surface area contributed by atoms with E-state index >= 15 is 0 Å². The SMILES string of the molecule is CC(=S)/C=C(\N)CSCCN(C)C. The zero-order valence-electron chi connectivity index (χ0n) is 8.54. The van der Waals surface area contributed by atoms with Crippen LogP contribution in [0.25, 0.3) is 0 Å². The lowest BCUT2D eigenvalue weighted by atomic mass is 10.4. The van der Waals surface area contributed by atoms with Crippen LogP contribution in [-0.4, -0.2) is 41.9 Å². The number of allylic oxidation sites excluding steroid dienone is 1. The molecule has 0 rings (SSSR count). The molecule has 0 aliphatic rings. The van der Waals surface area contributed by atoms with Crippen LogP contribution in [0.4, 0.5) is 0 Å². The van der Waals surface area contributed by atoms with Crippen molar-refractivity contribution in [3.63, 3.8) is 0 Å². The van der Waals surface area contributed by atoms with Gasteiger partial charge in [-0.3, -0.25) is 0 Å². The van der Waals surface area contributed by atoms with Gasteiger partial charge in [-0.15, -0.1) is 0 Å². The van der Waals surface area contributed by atoms with Crippen molar-refractivity contribution in [2.75, 3.05) is 32.1 Å². The summed E-state index contributed by atoms with van der Waals surface area (Å²) in [7, 11) is 4.14. The van der Waals surface area contributed by atoms with Gasteiger partial charge in [0.2, 0.25) is 0 Å². The zero-order chi connectivity index (χ0) is 10.3. The Kier molecular flexibility index (Phi) is 7.32. The Morgan fingerprint density at radius 1 is 1.54 bits per heavy atom. The van der Waals surface area contributed by atoms with Gasteiger partial charge < -0.3 is 10.6 Å². The molecule has 0 aliphatic carbocycles. The third-order valence-corrected chi connectivity index (χ3v) is 2.47. The summed E-state index contributed by atoms with van der Waals surface area (Å²) in [5.41, 5.74) is 6.60. The van der Waals surface area contributed by atoms with E-state index in [0.717, 1.165) is 28.6 Å². The minimum absolute atomic E-state index is 0.853. The molecule has 2 nitrogen and oxygen atoms in total. The van der Waals surface area contributed by atoms with E-state index in [1.807, 2.05) is 24.8 Å². The molecule has 0 unspecified atom stereocenters. The molecule has 0 saturated carbocycles. The average molecular weight is 218 g/mol. The van der Waals surface area contributed by atoms with Crippen LogP contribution in [0.15, 0.2) is 11.8 Å². The first-order valence-corrected chi connectivity index (χ1v) is 5.77. The fourth-order valence-corrected chi connectivity index (χ4v) is 1.85. The van der Waals surface area contributed by atoms with E-state index in [1.165, 1.54) is 0 Å². The van der Waals surface area contributed by atoms with Crippen LogP contribution in [0.1, 0.15) is 6.92 Å². The van der Waals surface area contributed by atoms with E-state index in [-0.39, 0.29) is 0 Å². The van der Waals surface area contributed by atoms with Crippen LogP contribution in [0.5, 0.6) is 0 Å². The highest BCUT2D eigenvalue weighted by Crippen LogP contribution is 2.03. The molecule has 13 heavy (non-hydrogen) atoms. The van der Waals surface area contributed by atoms with Gasteiger partial charge in [0.15, 0.2) is 0 Å². The number of hydrogen-bond acceptors (Lipinski definition) is 4. The summed E-state index contributed by atoms with van der Waals surface area (Å²) in [6, 6.07) is 0. The van der Waals surface area contributed by atoms with Crippen molar-refractivity contribution in [3.8, 4) is 0 Å². The molecule has 0 radical (unpaired) electrons. The summed E-state index contributed by atoms with van der Waals surface area (Å²) in [4.78, 5) is 3.02. The van der Waals surface area contributed by atoms with Crippen molar-refractivity contribution in [1.29, 1.82) is 0 Å². The Balaban J connectivity index is 3.48. The minimum Gasteiger partial charge on any atom is -0.401 e. The van der Waals surface area contributed by atoms with E-state index in [9.17, 15) is 0 Å². The van der Waals surface area contributed by atoms with Gasteiger partial charge in [0, 0.05) is 28.6 Å². The van der Waals surface area contributed by atoms with E-state index in [2.05, 4.69) is 19.0 Å². The Hall–Kier alpha value is -0.0600. The van der Waals surface area contributed by atoms with Crippen LogP contribution in [-0.2, 0) is 0 Å². The molecule has 0 aliphatic heterocycles. The lowest BCUT2D eigenvalue weighted by Crippen LogP contribution is -2.15. The highest BCUT2D eigenvalue weighted by molar-refractivity contribution is 7.99. The van der Waals surface area contributed by atoms with Gasteiger partial charge in [0.05, 0.1) is 0 Å². The second kappa shape index (κ2) is 7.35. The summed E-state index contributed by atoms with van der Waals surface area (Å²) in [5, 5.41) is 0. The van der Waals surface area contributed by atoms with Crippen molar-refractivity contribution in [2.45, 2.75) is 6.92 Å². The molecule has 0 fully saturated rings. The Bertz CT molecular complexity index is 188. The van der Waals surface area contributed by atoms with Gasteiger partial charge >= 0.3 is 0 Å². The topological polar surface area (TPSA) is 29.3 Å². The van der Waals surface area contributed by atoms with Gasteiger partial charge in [0.25, 0.3) is 0 Å². The summed E-state index contributed by atoms with van der Waals surface area (Å²) in [6.45, 7) is 2.97. The molecular formula is C9H18N2S2. The number of nitrogens with two attached hydrogens (primary N) is 1.